The summed E-state index contributed by atoms with van der Waals surface area (Å²) in [5.41, 5.74) is 17.7. The average Bonchev–Trinajstić information content (AvgIpc) is 3.74. The van der Waals surface area contributed by atoms with E-state index in [2.05, 4.69) is 252 Å². The fourth-order valence-electron chi connectivity index (χ4n) is 8.65. The van der Waals surface area contributed by atoms with E-state index in [0.29, 0.717) is 0 Å². The largest absolute Gasteiger partial charge is 0.456 e. The Morgan fingerprint density at radius 1 is 0.206 bits per heavy atom. The Balaban J connectivity index is 0.928. The van der Waals surface area contributed by atoms with Gasteiger partial charge in [0.05, 0.1) is 0 Å². The molecule has 11 aromatic rings. The summed E-state index contributed by atoms with van der Waals surface area (Å²) < 4.78 is 6.22. The quantitative estimate of drug-likeness (QED) is 0.137. The number of hydrogen-bond acceptors (Lipinski definition) is 3. The summed E-state index contributed by atoms with van der Waals surface area (Å²) in [4.78, 5) is 4.66. The second-order valence-corrected chi connectivity index (χ2v) is 15.8. The van der Waals surface area contributed by atoms with Crippen LogP contribution in [0.15, 0.2) is 259 Å². The Morgan fingerprint density at radius 3 is 0.841 bits per heavy atom. The molecule has 0 N–H and O–H groups in total. The zero-order chi connectivity index (χ0) is 42.0. The predicted molar refractivity (Wildman–Crippen MR) is 265 cm³/mol. The summed E-state index contributed by atoms with van der Waals surface area (Å²) in [6.45, 7) is 0. The number of anilines is 6. The first-order valence-electron chi connectivity index (χ1n) is 21.4. The molecular weight excluding hydrogens is 765 g/mol. The van der Waals surface area contributed by atoms with Gasteiger partial charge in [0, 0.05) is 44.9 Å². The van der Waals surface area contributed by atoms with Crippen molar-refractivity contribution in [3.8, 4) is 44.5 Å². The van der Waals surface area contributed by atoms with E-state index in [1.807, 2.05) is 12.1 Å². The van der Waals surface area contributed by atoms with Gasteiger partial charge in [-0.25, -0.2) is 0 Å². The second kappa shape index (κ2) is 16.6. The normalized spacial score (nSPS) is 11.2. The van der Waals surface area contributed by atoms with Crippen molar-refractivity contribution < 1.29 is 4.42 Å². The molecule has 11 rings (SSSR count). The van der Waals surface area contributed by atoms with E-state index < -0.39 is 0 Å². The van der Waals surface area contributed by atoms with Gasteiger partial charge < -0.3 is 14.2 Å². The molecule has 0 aliphatic rings. The standard InChI is InChI=1S/C60H42N2O/c1-4-12-43(13-5-1)46-20-30-51(31-21-46)61(52-32-22-47(23-33-52)44-14-6-2-7-15-44)53-34-26-49(27-35-53)50-28-38-55(39-29-50)62(54-36-24-48(25-37-54)45-16-8-3-9-17-45)56-40-41-60-58(42-56)57-18-10-11-19-59(57)63-60/h1-42H. The number of hydrogen-bond donors (Lipinski definition) is 0. The van der Waals surface area contributed by atoms with Gasteiger partial charge in [0.1, 0.15) is 11.2 Å². The lowest BCUT2D eigenvalue weighted by Crippen LogP contribution is -2.10. The first-order chi connectivity index (χ1) is 31.2. The lowest BCUT2D eigenvalue weighted by molar-refractivity contribution is 0.669. The van der Waals surface area contributed by atoms with E-state index in [9.17, 15) is 0 Å². The van der Waals surface area contributed by atoms with Crippen LogP contribution in [0.2, 0.25) is 0 Å². The number of para-hydroxylation sites is 1. The summed E-state index contributed by atoms with van der Waals surface area (Å²) in [5.74, 6) is 0. The molecule has 0 atom stereocenters. The zero-order valence-electron chi connectivity index (χ0n) is 34.6. The minimum Gasteiger partial charge on any atom is -0.456 e. The number of nitrogens with zero attached hydrogens (tertiary/aromatic N) is 2. The van der Waals surface area contributed by atoms with Gasteiger partial charge >= 0.3 is 0 Å². The van der Waals surface area contributed by atoms with Crippen LogP contribution in [0.3, 0.4) is 0 Å². The van der Waals surface area contributed by atoms with E-state index in [1.54, 1.807) is 0 Å². The van der Waals surface area contributed by atoms with Crippen LogP contribution in [0.1, 0.15) is 0 Å². The summed E-state index contributed by atoms with van der Waals surface area (Å²) in [5, 5.41) is 2.21. The van der Waals surface area contributed by atoms with Gasteiger partial charge in [-0.2, -0.15) is 0 Å². The second-order valence-electron chi connectivity index (χ2n) is 15.8. The Morgan fingerprint density at radius 2 is 0.476 bits per heavy atom. The van der Waals surface area contributed by atoms with E-state index >= 15 is 0 Å². The molecule has 0 bridgehead atoms. The number of benzene rings is 10. The Labute approximate surface area is 368 Å². The Hall–Kier alpha value is -8.40. The molecule has 0 fully saturated rings. The molecule has 0 radical (unpaired) electrons. The smallest absolute Gasteiger partial charge is 0.135 e. The summed E-state index contributed by atoms with van der Waals surface area (Å²) in [6.07, 6.45) is 0. The minimum absolute atomic E-state index is 0.880. The van der Waals surface area contributed by atoms with Crippen molar-refractivity contribution in [3.05, 3.63) is 255 Å². The van der Waals surface area contributed by atoms with Crippen LogP contribution < -0.4 is 9.80 Å². The highest BCUT2D eigenvalue weighted by molar-refractivity contribution is 6.06. The highest BCUT2D eigenvalue weighted by atomic mass is 16.3. The molecule has 63 heavy (non-hydrogen) atoms. The minimum atomic E-state index is 0.880. The molecule has 1 heterocycles. The van der Waals surface area contributed by atoms with Crippen molar-refractivity contribution in [1.29, 1.82) is 0 Å². The molecule has 3 heteroatoms. The molecule has 0 spiro atoms. The first kappa shape index (κ1) is 37.6. The molecule has 0 aliphatic carbocycles. The van der Waals surface area contributed by atoms with Gasteiger partial charge in [-0.05, 0) is 129 Å². The molecule has 3 nitrogen and oxygen atoms in total. The molecule has 0 aliphatic heterocycles. The number of rotatable bonds is 10. The van der Waals surface area contributed by atoms with E-state index in [0.717, 1.165) is 67.2 Å². The zero-order valence-corrected chi connectivity index (χ0v) is 34.6. The Kier molecular flexibility index (Phi) is 9.89. The third-order valence-corrected chi connectivity index (χ3v) is 11.9. The fraction of sp³-hybridized carbons (Fsp3) is 0. The monoisotopic (exact) mass is 806 g/mol. The van der Waals surface area contributed by atoms with Crippen molar-refractivity contribution in [2.45, 2.75) is 0 Å². The molecule has 0 saturated carbocycles. The van der Waals surface area contributed by atoms with Crippen LogP contribution in [-0.4, -0.2) is 0 Å². The van der Waals surface area contributed by atoms with Gasteiger partial charge in [0.2, 0.25) is 0 Å². The van der Waals surface area contributed by atoms with Crippen LogP contribution in [0.4, 0.5) is 34.1 Å². The first-order valence-corrected chi connectivity index (χ1v) is 21.4. The predicted octanol–water partition coefficient (Wildman–Crippen LogP) is 17.2. The number of furan rings is 1. The molecule has 298 valence electrons. The van der Waals surface area contributed by atoms with E-state index in [4.69, 9.17) is 4.42 Å². The lowest BCUT2D eigenvalue weighted by atomic mass is 10.0. The van der Waals surface area contributed by atoms with Crippen LogP contribution in [0, 0.1) is 0 Å². The van der Waals surface area contributed by atoms with E-state index in [1.165, 1.54) is 33.4 Å². The third kappa shape index (κ3) is 7.54. The molecule has 1 aromatic heterocycles. The topological polar surface area (TPSA) is 19.6 Å². The number of fused-ring (bicyclic) bond motifs is 3. The van der Waals surface area contributed by atoms with Crippen molar-refractivity contribution in [1.82, 2.24) is 0 Å². The van der Waals surface area contributed by atoms with Crippen molar-refractivity contribution in [2.24, 2.45) is 0 Å². The van der Waals surface area contributed by atoms with Crippen LogP contribution in [0.5, 0.6) is 0 Å². The maximum absolute atomic E-state index is 6.22. The van der Waals surface area contributed by atoms with Crippen LogP contribution in [-0.2, 0) is 0 Å². The molecule has 0 saturated heterocycles. The molecular formula is C60H42N2O. The summed E-state index contributed by atoms with van der Waals surface area (Å²) in [7, 11) is 0. The van der Waals surface area contributed by atoms with Gasteiger partial charge in [0.15, 0.2) is 0 Å². The maximum atomic E-state index is 6.22. The third-order valence-electron chi connectivity index (χ3n) is 11.9. The summed E-state index contributed by atoms with van der Waals surface area (Å²) >= 11 is 0. The van der Waals surface area contributed by atoms with Crippen molar-refractivity contribution in [3.63, 3.8) is 0 Å². The van der Waals surface area contributed by atoms with Crippen molar-refractivity contribution in [2.75, 3.05) is 9.80 Å². The molecule has 10 aromatic carbocycles. The van der Waals surface area contributed by atoms with Gasteiger partial charge in [-0.3, -0.25) is 0 Å². The van der Waals surface area contributed by atoms with Gasteiger partial charge in [-0.1, -0.05) is 170 Å². The maximum Gasteiger partial charge on any atom is 0.135 e. The van der Waals surface area contributed by atoms with E-state index in [-0.39, 0.29) is 0 Å². The highest BCUT2D eigenvalue weighted by Gasteiger charge is 2.17. The van der Waals surface area contributed by atoms with Crippen LogP contribution in [0.25, 0.3) is 66.4 Å². The molecule has 0 unspecified atom stereocenters. The molecule has 0 amide bonds. The van der Waals surface area contributed by atoms with Gasteiger partial charge in [-0.15, -0.1) is 0 Å². The van der Waals surface area contributed by atoms with Crippen molar-refractivity contribution >= 4 is 56.1 Å². The SMILES string of the molecule is c1ccc(-c2ccc(N(c3ccc(-c4ccccc4)cc3)c3ccc(-c4ccc(N(c5ccc(-c6ccccc6)cc5)c5ccc6oc7ccccc7c6c5)cc4)cc3)cc2)cc1. The highest BCUT2D eigenvalue weighted by Crippen LogP contribution is 2.41. The van der Waals surface area contributed by atoms with Gasteiger partial charge in [0.25, 0.3) is 0 Å². The summed E-state index contributed by atoms with van der Waals surface area (Å²) in [6, 6.07) is 90.7. The van der Waals surface area contributed by atoms with Crippen LogP contribution >= 0.6 is 0 Å². The lowest BCUT2D eigenvalue weighted by Gasteiger charge is -2.26. The fourth-order valence-corrected chi connectivity index (χ4v) is 8.65. The Bertz CT molecular complexity index is 3190. The average molecular weight is 807 g/mol.